The minimum atomic E-state index is 0.635. The van der Waals surface area contributed by atoms with E-state index in [2.05, 4.69) is 46.1 Å². The summed E-state index contributed by atoms with van der Waals surface area (Å²) in [7, 11) is 0. The van der Waals surface area contributed by atoms with Gasteiger partial charge in [0.2, 0.25) is 0 Å². The number of rotatable bonds is 3. The van der Waals surface area contributed by atoms with Crippen molar-refractivity contribution >= 4 is 21.6 Å². The first-order chi connectivity index (χ1) is 8.20. The average Bonchev–Trinajstić information content (AvgIpc) is 2.34. The first-order valence-electron chi connectivity index (χ1n) is 6.59. The number of nitrogens with one attached hydrogen (secondary N) is 1. The quantitative estimate of drug-likeness (QED) is 0.829. The lowest BCUT2D eigenvalue weighted by Gasteiger charge is -2.32. The summed E-state index contributed by atoms with van der Waals surface area (Å²) < 4.78 is 0.943. The molecule has 1 aliphatic carbocycles. The molecule has 0 aliphatic heterocycles. The van der Waals surface area contributed by atoms with Gasteiger partial charge in [-0.05, 0) is 53.2 Å². The van der Waals surface area contributed by atoms with Gasteiger partial charge in [0.05, 0.1) is 11.9 Å². The molecular formula is C14H21BrN2. The molecule has 3 heteroatoms. The predicted molar refractivity (Wildman–Crippen MR) is 76.3 cm³/mol. The van der Waals surface area contributed by atoms with E-state index in [1.54, 1.807) is 0 Å². The topological polar surface area (TPSA) is 24.9 Å². The summed E-state index contributed by atoms with van der Waals surface area (Å²) in [5.41, 5.74) is 2.36. The number of halogens is 1. The number of hydrogen-bond donors (Lipinski definition) is 1. The average molecular weight is 297 g/mol. The van der Waals surface area contributed by atoms with Crippen molar-refractivity contribution in [1.29, 1.82) is 0 Å². The van der Waals surface area contributed by atoms with Crippen molar-refractivity contribution in [1.82, 2.24) is 4.98 Å². The third-order valence-corrected chi connectivity index (χ3v) is 4.63. The van der Waals surface area contributed by atoms with Crippen molar-refractivity contribution < 1.29 is 0 Å². The molecule has 2 unspecified atom stereocenters. The van der Waals surface area contributed by atoms with Crippen LogP contribution in [0, 0.1) is 12.8 Å². The van der Waals surface area contributed by atoms with Gasteiger partial charge in [-0.1, -0.05) is 26.2 Å². The molecule has 0 radical (unpaired) electrons. The molecule has 0 aromatic carbocycles. The first kappa shape index (κ1) is 12.9. The van der Waals surface area contributed by atoms with Crippen molar-refractivity contribution in [2.75, 3.05) is 5.32 Å². The van der Waals surface area contributed by atoms with Crippen LogP contribution in [0.15, 0.2) is 16.9 Å². The van der Waals surface area contributed by atoms with Crippen LogP contribution in [0.1, 0.15) is 44.6 Å². The molecule has 1 N–H and O–H groups in total. The van der Waals surface area contributed by atoms with Crippen molar-refractivity contribution in [2.45, 2.75) is 52.0 Å². The summed E-state index contributed by atoms with van der Waals surface area (Å²) >= 11 is 3.44. The standard InChI is InChI=1S/C14H21BrN2/c1-3-11-6-4-5-7-13(11)17-12-8-10(2)14(15)16-9-12/h8-9,11,13,17H,3-7H2,1-2H3. The second kappa shape index (κ2) is 5.85. The monoisotopic (exact) mass is 296 g/mol. The Morgan fingerprint density at radius 2 is 2.18 bits per heavy atom. The molecule has 0 bridgehead atoms. The Kier molecular flexibility index (Phi) is 4.43. The number of nitrogens with zero attached hydrogens (tertiary/aromatic N) is 1. The third kappa shape index (κ3) is 3.21. The first-order valence-corrected chi connectivity index (χ1v) is 7.38. The van der Waals surface area contributed by atoms with E-state index in [-0.39, 0.29) is 0 Å². The van der Waals surface area contributed by atoms with Gasteiger partial charge >= 0.3 is 0 Å². The summed E-state index contributed by atoms with van der Waals surface area (Å²) in [6.45, 7) is 4.39. The molecule has 94 valence electrons. The molecule has 1 fully saturated rings. The summed E-state index contributed by atoms with van der Waals surface area (Å²) in [5, 5.41) is 3.67. The van der Waals surface area contributed by atoms with Crippen LogP contribution in [0.3, 0.4) is 0 Å². The van der Waals surface area contributed by atoms with Crippen LogP contribution in [0.2, 0.25) is 0 Å². The highest BCUT2D eigenvalue weighted by molar-refractivity contribution is 9.10. The van der Waals surface area contributed by atoms with Gasteiger partial charge < -0.3 is 5.32 Å². The Bertz CT molecular complexity index is 378. The van der Waals surface area contributed by atoms with E-state index in [9.17, 15) is 0 Å². The molecule has 1 aromatic rings. The highest BCUT2D eigenvalue weighted by Crippen LogP contribution is 2.29. The van der Waals surface area contributed by atoms with Crippen LogP contribution in [0.4, 0.5) is 5.69 Å². The molecule has 1 aromatic heterocycles. The van der Waals surface area contributed by atoms with Crippen molar-refractivity contribution in [2.24, 2.45) is 5.92 Å². The van der Waals surface area contributed by atoms with Gasteiger partial charge in [0, 0.05) is 6.04 Å². The number of pyridine rings is 1. The van der Waals surface area contributed by atoms with Crippen molar-refractivity contribution in [3.8, 4) is 0 Å². The SMILES string of the molecule is CCC1CCCCC1Nc1cnc(Br)c(C)c1. The van der Waals surface area contributed by atoms with Gasteiger partial charge in [-0.25, -0.2) is 4.98 Å². The number of aryl methyl sites for hydroxylation is 1. The van der Waals surface area contributed by atoms with E-state index in [0.29, 0.717) is 6.04 Å². The lowest BCUT2D eigenvalue weighted by molar-refractivity contribution is 0.317. The Hall–Kier alpha value is -0.570. The molecule has 0 spiro atoms. The number of anilines is 1. The van der Waals surface area contributed by atoms with Crippen LogP contribution >= 0.6 is 15.9 Å². The maximum atomic E-state index is 4.35. The van der Waals surface area contributed by atoms with Gasteiger partial charge in [-0.15, -0.1) is 0 Å². The second-order valence-electron chi connectivity index (χ2n) is 5.04. The zero-order chi connectivity index (χ0) is 12.3. The molecule has 1 aliphatic rings. The van der Waals surface area contributed by atoms with Crippen LogP contribution in [0.5, 0.6) is 0 Å². The van der Waals surface area contributed by atoms with Crippen LogP contribution < -0.4 is 5.32 Å². The van der Waals surface area contributed by atoms with E-state index in [1.165, 1.54) is 37.7 Å². The van der Waals surface area contributed by atoms with E-state index in [0.717, 1.165) is 16.2 Å². The minimum Gasteiger partial charge on any atom is -0.381 e. The van der Waals surface area contributed by atoms with E-state index in [1.807, 2.05) is 6.20 Å². The molecule has 17 heavy (non-hydrogen) atoms. The van der Waals surface area contributed by atoms with Crippen molar-refractivity contribution in [3.63, 3.8) is 0 Å². The fourth-order valence-electron chi connectivity index (χ4n) is 2.74. The lowest BCUT2D eigenvalue weighted by Crippen LogP contribution is -2.31. The molecule has 0 amide bonds. The summed E-state index contributed by atoms with van der Waals surface area (Å²) in [6, 6.07) is 2.81. The minimum absolute atomic E-state index is 0.635. The van der Waals surface area contributed by atoms with Crippen molar-refractivity contribution in [3.05, 3.63) is 22.4 Å². The Balaban J connectivity index is 2.05. The molecule has 1 saturated carbocycles. The van der Waals surface area contributed by atoms with E-state index >= 15 is 0 Å². The Morgan fingerprint density at radius 1 is 1.41 bits per heavy atom. The lowest BCUT2D eigenvalue weighted by atomic mass is 9.83. The normalized spacial score (nSPS) is 24.6. The smallest absolute Gasteiger partial charge is 0.109 e. The summed E-state index contributed by atoms with van der Waals surface area (Å²) in [4.78, 5) is 4.35. The predicted octanol–water partition coefficient (Wildman–Crippen LogP) is 4.53. The maximum Gasteiger partial charge on any atom is 0.109 e. The van der Waals surface area contributed by atoms with E-state index in [4.69, 9.17) is 0 Å². The summed E-state index contributed by atoms with van der Waals surface area (Å²) in [5.74, 6) is 0.827. The van der Waals surface area contributed by atoms with Gasteiger partial charge in [-0.3, -0.25) is 0 Å². The largest absolute Gasteiger partial charge is 0.381 e. The third-order valence-electron chi connectivity index (χ3n) is 3.80. The Morgan fingerprint density at radius 3 is 2.88 bits per heavy atom. The van der Waals surface area contributed by atoms with Gasteiger partial charge in [-0.2, -0.15) is 0 Å². The second-order valence-corrected chi connectivity index (χ2v) is 5.79. The number of aromatic nitrogens is 1. The fraction of sp³-hybridized carbons (Fsp3) is 0.643. The zero-order valence-corrected chi connectivity index (χ0v) is 12.3. The molecule has 2 nitrogen and oxygen atoms in total. The molecule has 1 heterocycles. The fourth-order valence-corrected chi connectivity index (χ4v) is 2.95. The highest BCUT2D eigenvalue weighted by Gasteiger charge is 2.23. The van der Waals surface area contributed by atoms with Crippen LogP contribution in [-0.4, -0.2) is 11.0 Å². The van der Waals surface area contributed by atoms with Gasteiger partial charge in [0.15, 0.2) is 0 Å². The molecular weight excluding hydrogens is 276 g/mol. The van der Waals surface area contributed by atoms with E-state index < -0.39 is 0 Å². The summed E-state index contributed by atoms with van der Waals surface area (Å²) in [6.07, 6.45) is 8.63. The molecule has 2 atom stereocenters. The maximum absolute atomic E-state index is 4.35. The molecule has 0 saturated heterocycles. The van der Waals surface area contributed by atoms with Crippen LogP contribution in [0.25, 0.3) is 0 Å². The highest BCUT2D eigenvalue weighted by atomic mass is 79.9. The number of hydrogen-bond acceptors (Lipinski definition) is 2. The van der Waals surface area contributed by atoms with Gasteiger partial charge in [0.1, 0.15) is 4.60 Å². The zero-order valence-electron chi connectivity index (χ0n) is 10.7. The van der Waals surface area contributed by atoms with Gasteiger partial charge in [0.25, 0.3) is 0 Å². The van der Waals surface area contributed by atoms with Crippen LogP contribution in [-0.2, 0) is 0 Å². The Labute approximate surface area is 112 Å². The molecule has 2 rings (SSSR count).